The number of aryl methyl sites for hydroxylation is 1. The fourth-order valence-corrected chi connectivity index (χ4v) is 2.09. The van der Waals surface area contributed by atoms with Gasteiger partial charge in [0.2, 0.25) is 0 Å². The number of hydrogen-bond donors (Lipinski definition) is 3. The molecule has 1 aliphatic carbocycles. The number of carboxylic acid groups (broad SMARTS) is 1. The van der Waals surface area contributed by atoms with Crippen LogP contribution in [0.2, 0.25) is 0 Å². The second kappa shape index (κ2) is 3.40. The van der Waals surface area contributed by atoms with Crippen LogP contribution in [0.25, 0.3) is 0 Å². The minimum Gasteiger partial charge on any atom is -0.508 e. The van der Waals surface area contributed by atoms with Crippen molar-refractivity contribution in [2.75, 3.05) is 0 Å². The van der Waals surface area contributed by atoms with E-state index in [4.69, 9.17) is 5.11 Å². The summed E-state index contributed by atoms with van der Waals surface area (Å²) in [6, 6.07) is 2.97. The maximum absolute atomic E-state index is 10.7. The number of aliphatic carboxylic acids is 1. The SMILES string of the molecule is Cc1cc(O)c(C2(CC(=O)O)CC2)cc1O. The van der Waals surface area contributed by atoms with Crippen molar-refractivity contribution in [1.29, 1.82) is 0 Å². The first kappa shape index (κ1) is 10.8. The minimum absolute atomic E-state index is 0.00304. The molecule has 16 heavy (non-hydrogen) atoms. The summed E-state index contributed by atoms with van der Waals surface area (Å²) in [7, 11) is 0. The van der Waals surface area contributed by atoms with Gasteiger partial charge in [0.25, 0.3) is 0 Å². The molecule has 1 saturated carbocycles. The summed E-state index contributed by atoms with van der Waals surface area (Å²) < 4.78 is 0. The highest BCUT2D eigenvalue weighted by Crippen LogP contribution is 2.54. The lowest BCUT2D eigenvalue weighted by molar-refractivity contribution is -0.137. The second-order valence-corrected chi connectivity index (χ2v) is 4.51. The molecule has 4 nitrogen and oxygen atoms in total. The zero-order valence-electron chi connectivity index (χ0n) is 9.03. The molecule has 0 atom stereocenters. The molecule has 0 bridgehead atoms. The lowest BCUT2D eigenvalue weighted by Gasteiger charge is -2.16. The summed E-state index contributed by atoms with van der Waals surface area (Å²) in [5.41, 5.74) is 0.673. The molecule has 1 aliphatic rings. The van der Waals surface area contributed by atoms with Crippen LogP contribution in [0.4, 0.5) is 0 Å². The van der Waals surface area contributed by atoms with Gasteiger partial charge >= 0.3 is 5.97 Å². The molecular formula is C12H14O4. The fraction of sp³-hybridized carbons (Fsp3) is 0.417. The van der Waals surface area contributed by atoms with Crippen LogP contribution in [0.5, 0.6) is 11.5 Å². The number of benzene rings is 1. The van der Waals surface area contributed by atoms with Gasteiger partial charge in [-0.05, 0) is 37.5 Å². The van der Waals surface area contributed by atoms with E-state index < -0.39 is 11.4 Å². The van der Waals surface area contributed by atoms with Crippen molar-refractivity contribution in [3.8, 4) is 11.5 Å². The van der Waals surface area contributed by atoms with E-state index >= 15 is 0 Å². The van der Waals surface area contributed by atoms with E-state index in [1.807, 2.05) is 0 Å². The van der Waals surface area contributed by atoms with Crippen molar-refractivity contribution in [2.24, 2.45) is 0 Å². The van der Waals surface area contributed by atoms with E-state index in [1.54, 1.807) is 6.92 Å². The van der Waals surface area contributed by atoms with Crippen molar-refractivity contribution in [1.82, 2.24) is 0 Å². The van der Waals surface area contributed by atoms with Gasteiger partial charge in [-0.1, -0.05) is 0 Å². The average Bonchev–Trinajstić information content (AvgIpc) is 2.91. The van der Waals surface area contributed by atoms with E-state index in [1.165, 1.54) is 12.1 Å². The number of aromatic hydroxyl groups is 2. The van der Waals surface area contributed by atoms with E-state index in [0.717, 1.165) is 12.8 Å². The molecule has 1 fully saturated rings. The second-order valence-electron chi connectivity index (χ2n) is 4.51. The van der Waals surface area contributed by atoms with Gasteiger partial charge in [-0.3, -0.25) is 4.79 Å². The number of rotatable bonds is 3. The van der Waals surface area contributed by atoms with Gasteiger partial charge < -0.3 is 15.3 Å². The molecule has 0 saturated heterocycles. The third-order valence-electron chi connectivity index (χ3n) is 3.23. The zero-order valence-corrected chi connectivity index (χ0v) is 9.03. The van der Waals surface area contributed by atoms with Crippen molar-refractivity contribution in [3.63, 3.8) is 0 Å². The minimum atomic E-state index is -0.878. The maximum Gasteiger partial charge on any atom is 0.304 e. The van der Waals surface area contributed by atoms with E-state index in [0.29, 0.717) is 11.1 Å². The quantitative estimate of drug-likeness (QED) is 0.683. The Bertz CT molecular complexity index is 447. The highest BCUT2D eigenvalue weighted by Gasteiger charge is 2.47. The molecular weight excluding hydrogens is 208 g/mol. The summed E-state index contributed by atoms with van der Waals surface area (Å²) >= 11 is 0. The van der Waals surface area contributed by atoms with Crippen molar-refractivity contribution < 1.29 is 20.1 Å². The molecule has 3 N–H and O–H groups in total. The average molecular weight is 222 g/mol. The summed E-state index contributed by atoms with van der Waals surface area (Å²) in [5.74, 6) is -0.699. The monoisotopic (exact) mass is 222 g/mol. The maximum atomic E-state index is 10.7. The van der Waals surface area contributed by atoms with Crippen LogP contribution < -0.4 is 0 Å². The molecule has 0 unspecified atom stereocenters. The van der Waals surface area contributed by atoms with Crippen LogP contribution in [0.1, 0.15) is 30.4 Å². The van der Waals surface area contributed by atoms with Gasteiger partial charge in [0.15, 0.2) is 0 Å². The molecule has 0 spiro atoms. The number of phenolic OH excluding ortho intramolecular Hbond substituents is 2. The van der Waals surface area contributed by atoms with Crippen LogP contribution in [0, 0.1) is 6.92 Å². The molecule has 86 valence electrons. The molecule has 0 aromatic heterocycles. The third kappa shape index (κ3) is 1.71. The molecule has 0 heterocycles. The van der Waals surface area contributed by atoms with Crippen molar-refractivity contribution in [3.05, 3.63) is 23.3 Å². The summed E-state index contributed by atoms with van der Waals surface area (Å²) in [6.07, 6.45) is 1.49. The Balaban J connectivity index is 2.41. The first-order chi connectivity index (χ1) is 7.44. The predicted molar refractivity (Wildman–Crippen MR) is 57.7 cm³/mol. The topological polar surface area (TPSA) is 77.8 Å². The van der Waals surface area contributed by atoms with Crippen molar-refractivity contribution in [2.45, 2.75) is 31.6 Å². The van der Waals surface area contributed by atoms with Crippen LogP contribution in [0.3, 0.4) is 0 Å². The lowest BCUT2D eigenvalue weighted by atomic mass is 9.90. The lowest BCUT2D eigenvalue weighted by Crippen LogP contribution is -2.13. The van der Waals surface area contributed by atoms with E-state index in [-0.39, 0.29) is 17.9 Å². The first-order valence-electron chi connectivity index (χ1n) is 5.19. The fourth-order valence-electron chi connectivity index (χ4n) is 2.09. The summed E-state index contributed by atoms with van der Waals surface area (Å²) in [6.45, 7) is 1.69. The zero-order chi connectivity index (χ0) is 11.9. The van der Waals surface area contributed by atoms with Gasteiger partial charge in [-0.15, -0.1) is 0 Å². The smallest absolute Gasteiger partial charge is 0.304 e. The Hall–Kier alpha value is -1.71. The standard InChI is InChI=1S/C12H14O4/c1-7-4-10(14)8(5-9(7)13)12(2-3-12)6-11(15)16/h4-5,13-14H,2-3,6H2,1H3,(H,15,16). The van der Waals surface area contributed by atoms with Gasteiger partial charge in [0.05, 0.1) is 6.42 Å². The number of carboxylic acids is 1. The molecule has 0 aliphatic heterocycles. The largest absolute Gasteiger partial charge is 0.508 e. The van der Waals surface area contributed by atoms with Crippen LogP contribution in [-0.4, -0.2) is 21.3 Å². The van der Waals surface area contributed by atoms with Crippen LogP contribution >= 0.6 is 0 Å². The highest BCUT2D eigenvalue weighted by atomic mass is 16.4. The molecule has 2 rings (SSSR count). The van der Waals surface area contributed by atoms with Gasteiger partial charge in [0, 0.05) is 11.0 Å². The van der Waals surface area contributed by atoms with Gasteiger partial charge in [-0.25, -0.2) is 0 Å². The van der Waals surface area contributed by atoms with Crippen molar-refractivity contribution >= 4 is 5.97 Å². The molecule has 1 aromatic rings. The summed E-state index contributed by atoms with van der Waals surface area (Å²) in [5, 5.41) is 28.2. The molecule has 4 heteroatoms. The Labute approximate surface area is 93.2 Å². The Kier molecular flexibility index (Phi) is 2.30. The Morgan fingerprint density at radius 3 is 2.44 bits per heavy atom. The molecule has 0 radical (unpaired) electrons. The predicted octanol–water partition coefficient (Wildman–Crippen LogP) is 1.91. The first-order valence-corrected chi connectivity index (χ1v) is 5.19. The normalized spacial score (nSPS) is 17.1. The van der Waals surface area contributed by atoms with E-state index in [9.17, 15) is 15.0 Å². The molecule has 1 aromatic carbocycles. The number of carbonyl (C=O) groups is 1. The third-order valence-corrected chi connectivity index (χ3v) is 3.23. The molecule has 0 amide bonds. The van der Waals surface area contributed by atoms with Crippen LogP contribution in [0.15, 0.2) is 12.1 Å². The van der Waals surface area contributed by atoms with E-state index in [2.05, 4.69) is 0 Å². The highest BCUT2D eigenvalue weighted by molar-refractivity contribution is 5.71. The Morgan fingerprint density at radius 2 is 1.94 bits per heavy atom. The Morgan fingerprint density at radius 1 is 1.31 bits per heavy atom. The van der Waals surface area contributed by atoms with Crippen LogP contribution in [-0.2, 0) is 10.2 Å². The number of hydrogen-bond acceptors (Lipinski definition) is 3. The summed E-state index contributed by atoms with van der Waals surface area (Å²) in [4.78, 5) is 10.7. The van der Waals surface area contributed by atoms with Gasteiger partial charge in [-0.2, -0.15) is 0 Å². The van der Waals surface area contributed by atoms with Gasteiger partial charge in [0.1, 0.15) is 11.5 Å². The number of phenols is 2.